The van der Waals surface area contributed by atoms with E-state index in [0.29, 0.717) is 9.52 Å². The van der Waals surface area contributed by atoms with E-state index < -0.39 is 0 Å². The summed E-state index contributed by atoms with van der Waals surface area (Å²) in [4.78, 5) is 0. The van der Waals surface area contributed by atoms with Crippen LogP contribution >= 0.6 is 0 Å². The van der Waals surface area contributed by atoms with Crippen molar-refractivity contribution in [3.63, 3.8) is 0 Å². The lowest BCUT2D eigenvalue weighted by Crippen LogP contribution is -1.94. The van der Waals surface area contributed by atoms with Crippen LogP contribution in [0.5, 0.6) is 0 Å². The van der Waals surface area contributed by atoms with E-state index in [-0.39, 0.29) is 0 Å². The first-order valence-electron chi connectivity index (χ1n) is 6.13. The van der Waals surface area contributed by atoms with Crippen LogP contribution in [0.15, 0.2) is 0 Å². The molecule has 0 aromatic rings. The van der Waals surface area contributed by atoms with E-state index in [2.05, 4.69) is 27.7 Å². The number of hydrogen-bond acceptors (Lipinski definition) is 0. The fourth-order valence-electron chi connectivity index (χ4n) is 1.64. The average Bonchev–Trinajstić information content (AvgIpc) is 2.01. The molecule has 0 saturated carbocycles. The van der Waals surface area contributed by atoms with Crippen molar-refractivity contribution in [3.8, 4) is 0 Å². The molecular formula is C12H28Si. The molecule has 1 heteroatoms. The molecule has 0 heterocycles. The van der Waals surface area contributed by atoms with Gasteiger partial charge in [-0.3, -0.25) is 0 Å². The van der Waals surface area contributed by atoms with E-state index in [1.54, 1.807) is 12.1 Å². The van der Waals surface area contributed by atoms with Crippen molar-refractivity contribution < 1.29 is 0 Å². The van der Waals surface area contributed by atoms with Gasteiger partial charge in [0.05, 0.1) is 0 Å². The average molecular weight is 200 g/mol. The van der Waals surface area contributed by atoms with Crippen LogP contribution < -0.4 is 0 Å². The van der Waals surface area contributed by atoms with Gasteiger partial charge in [0, 0.05) is 9.52 Å². The number of rotatable bonds is 8. The Morgan fingerprint density at radius 1 is 0.769 bits per heavy atom. The van der Waals surface area contributed by atoms with Crippen molar-refractivity contribution in [1.29, 1.82) is 0 Å². The van der Waals surface area contributed by atoms with Crippen LogP contribution in [-0.2, 0) is 0 Å². The molecule has 0 bridgehead atoms. The molecule has 0 aliphatic carbocycles. The zero-order valence-electron chi connectivity index (χ0n) is 10.1. The minimum absolute atomic E-state index is 0.325. The molecule has 0 aromatic carbocycles. The highest BCUT2D eigenvalue weighted by Crippen LogP contribution is 2.10. The predicted octanol–water partition coefficient (Wildman–Crippen LogP) is 3.86. The van der Waals surface area contributed by atoms with Gasteiger partial charge in [0.25, 0.3) is 0 Å². The topological polar surface area (TPSA) is 0 Å². The van der Waals surface area contributed by atoms with Crippen LogP contribution in [0.3, 0.4) is 0 Å². The van der Waals surface area contributed by atoms with E-state index in [1.807, 2.05) is 0 Å². The van der Waals surface area contributed by atoms with E-state index in [0.717, 1.165) is 11.8 Å². The van der Waals surface area contributed by atoms with Crippen LogP contribution in [0.2, 0.25) is 12.1 Å². The minimum atomic E-state index is 0.325. The van der Waals surface area contributed by atoms with Gasteiger partial charge in [-0.05, 0) is 11.8 Å². The monoisotopic (exact) mass is 200 g/mol. The highest BCUT2D eigenvalue weighted by Gasteiger charge is 1.96. The zero-order chi connectivity index (χ0) is 10.1. The standard InChI is InChI=1S/C12H28Si/c1-11(2)7-5-9-13-10-6-8-12(3)4/h11-12H,5-10,13H2,1-4H3. The maximum Gasteiger partial charge on any atom is 0.0197 e. The van der Waals surface area contributed by atoms with Gasteiger partial charge in [0.1, 0.15) is 0 Å². The molecule has 0 fully saturated rings. The van der Waals surface area contributed by atoms with E-state index >= 15 is 0 Å². The first-order chi connectivity index (χ1) is 6.13. The smallest absolute Gasteiger partial charge is 0.0197 e. The van der Waals surface area contributed by atoms with Crippen molar-refractivity contribution >= 4 is 9.52 Å². The maximum absolute atomic E-state index is 2.33. The van der Waals surface area contributed by atoms with Gasteiger partial charge in [0.15, 0.2) is 0 Å². The first-order valence-corrected chi connectivity index (χ1v) is 8.13. The van der Waals surface area contributed by atoms with Crippen molar-refractivity contribution in [3.05, 3.63) is 0 Å². The largest absolute Gasteiger partial charge is 0.0628 e. The summed E-state index contributed by atoms with van der Waals surface area (Å²) in [5.74, 6) is 1.84. The molecule has 0 rings (SSSR count). The molecule has 0 aliphatic heterocycles. The molecule has 0 aromatic heterocycles. The molecular weight excluding hydrogens is 172 g/mol. The van der Waals surface area contributed by atoms with Gasteiger partial charge in [-0.2, -0.15) is 0 Å². The summed E-state index contributed by atoms with van der Waals surface area (Å²) in [6.45, 7) is 9.33. The Balaban J connectivity index is 2.92. The SMILES string of the molecule is CC(C)CCC[SiH2]CCCC(C)C. The Kier molecular flexibility index (Phi) is 8.95. The van der Waals surface area contributed by atoms with E-state index in [9.17, 15) is 0 Å². The Hall–Kier alpha value is 0.217. The summed E-state index contributed by atoms with van der Waals surface area (Å²) in [5, 5.41) is 0. The Morgan fingerprint density at radius 2 is 1.15 bits per heavy atom. The van der Waals surface area contributed by atoms with Gasteiger partial charge in [-0.15, -0.1) is 0 Å². The van der Waals surface area contributed by atoms with Gasteiger partial charge >= 0.3 is 0 Å². The molecule has 0 spiro atoms. The van der Waals surface area contributed by atoms with E-state index in [4.69, 9.17) is 0 Å². The molecule has 0 N–H and O–H groups in total. The summed E-state index contributed by atoms with van der Waals surface area (Å²) >= 11 is 0. The van der Waals surface area contributed by atoms with Gasteiger partial charge < -0.3 is 0 Å². The predicted molar refractivity (Wildman–Crippen MR) is 66.3 cm³/mol. The lowest BCUT2D eigenvalue weighted by Gasteiger charge is -2.05. The minimum Gasteiger partial charge on any atom is -0.0628 e. The normalized spacial score (nSPS) is 11.5. The lowest BCUT2D eigenvalue weighted by atomic mass is 10.1. The summed E-state index contributed by atoms with van der Waals surface area (Å²) in [6.07, 6.45) is 5.92. The summed E-state index contributed by atoms with van der Waals surface area (Å²) in [6, 6.07) is 3.19. The van der Waals surface area contributed by atoms with E-state index in [1.165, 1.54) is 25.7 Å². The number of hydrogen-bond donors (Lipinski definition) is 0. The van der Waals surface area contributed by atoms with Gasteiger partial charge in [-0.1, -0.05) is 65.5 Å². The van der Waals surface area contributed by atoms with Crippen LogP contribution in [0, 0.1) is 11.8 Å². The Morgan fingerprint density at radius 3 is 1.46 bits per heavy atom. The zero-order valence-corrected chi connectivity index (χ0v) is 11.5. The highest BCUT2D eigenvalue weighted by molar-refractivity contribution is 6.35. The van der Waals surface area contributed by atoms with Crippen LogP contribution in [0.1, 0.15) is 53.4 Å². The van der Waals surface area contributed by atoms with Crippen molar-refractivity contribution in [2.75, 3.05) is 0 Å². The Bertz CT molecular complexity index is 85.3. The van der Waals surface area contributed by atoms with Crippen molar-refractivity contribution in [2.24, 2.45) is 11.8 Å². The summed E-state index contributed by atoms with van der Waals surface area (Å²) < 4.78 is 0. The molecule has 80 valence electrons. The molecule has 0 saturated heterocycles. The van der Waals surface area contributed by atoms with Crippen LogP contribution in [0.25, 0.3) is 0 Å². The third kappa shape index (κ3) is 12.2. The molecule has 0 aliphatic rings. The molecule has 0 amide bonds. The van der Waals surface area contributed by atoms with Gasteiger partial charge in [0.2, 0.25) is 0 Å². The molecule has 0 radical (unpaired) electrons. The second kappa shape index (κ2) is 8.80. The van der Waals surface area contributed by atoms with Crippen LogP contribution in [-0.4, -0.2) is 9.52 Å². The third-order valence-electron chi connectivity index (χ3n) is 2.56. The second-order valence-electron chi connectivity index (χ2n) is 5.13. The highest BCUT2D eigenvalue weighted by atomic mass is 28.2. The summed E-state index contributed by atoms with van der Waals surface area (Å²) in [5.41, 5.74) is 0. The third-order valence-corrected chi connectivity index (χ3v) is 4.56. The Labute approximate surface area is 87.3 Å². The molecule has 0 atom stereocenters. The van der Waals surface area contributed by atoms with Crippen molar-refractivity contribution in [1.82, 2.24) is 0 Å². The quantitative estimate of drug-likeness (QED) is 0.412. The second-order valence-corrected chi connectivity index (χ2v) is 7.25. The fourth-order valence-corrected chi connectivity index (χ4v) is 3.27. The molecule has 0 nitrogen and oxygen atoms in total. The molecule has 0 unspecified atom stereocenters. The van der Waals surface area contributed by atoms with Crippen molar-refractivity contribution in [2.45, 2.75) is 65.5 Å². The maximum atomic E-state index is 2.33. The first kappa shape index (κ1) is 13.2. The lowest BCUT2D eigenvalue weighted by molar-refractivity contribution is 0.568. The fraction of sp³-hybridized carbons (Fsp3) is 1.00. The molecule has 13 heavy (non-hydrogen) atoms. The summed E-state index contributed by atoms with van der Waals surface area (Å²) in [7, 11) is 0.325. The van der Waals surface area contributed by atoms with Crippen LogP contribution in [0.4, 0.5) is 0 Å². The van der Waals surface area contributed by atoms with Gasteiger partial charge in [-0.25, -0.2) is 0 Å².